The number of hydrogen-bond acceptors (Lipinski definition) is 4. The second kappa shape index (κ2) is 13.4. The van der Waals surface area contributed by atoms with Crippen molar-refractivity contribution in [2.75, 3.05) is 13.2 Å². The number of aliphatic hydroxyl groups is 1. The van der Waals surface area contributed by atoms with Crippen LogP contribution in [0.15, 0.2) is 0 Å². The van der Waals surface area contributed by atoms with Gasteiger partial charge in [0.25, 0.3) is 0 Å². The number of carbonyl (C=O) groups is 1. The second-order valence-corrected chi connectivity index (χ2v) is 4.84. The Kier molecular flexibility index (Phi) is 12.6. The van der Waals surface area contributed by atoms with E-state index < -0.39 is 5.92 Å². The van der Waals surface area contributed by atoms with E-state index >= 15 is 0 Å². The Bertz CT molecular complexity index is 261. The van der Waals surface area contributed by atoms with E-state index in [4.69, 9.17) is 15.1 Å². The minimum atomic E-state index is -0.603. The molecule has 0 spiro atoms. The van der Waals surface area contributed by atoms with Crippen LogP contribution in [0, 0.1) is 17.2 Å². The summed E-state index contributed by atoms with van der Waals surface area (Å²) >= 11 is 0. The largest absolute Gasteiger partial charge is 0.465 e. The van der Waals surface area contributed by atoms with E-state index in [1.165, 1.54) is 0 Å². The molecule has 0 radical (unpaired) electrons. The molecule has 19 heavy (non-hydrogen) atoms. The van der Waals surface area contributed by atoms with Crippen LogP contribution in [0.4, 0.5) is 0 Å². The molecule has 0 heterocycles. The first-order chi connectivity index (χ1) is 9.26. The Morgan fingerprint density at radius 2 is 1.79 bits per heavy atom. The summed E-state index contributed by atoms with van der Waals surface area (Å²) in [6.07, 6.45) is 8.49. The predicted molar refractivity (Wildman–Crippen MR) is 74.4 cm³/mol. The molecule has 0 bridgehead atoms. The van der Waals surface area contributed by atoms with Crippen LogP contribution in [0.25, 0.3) is 0 Å². The van der Waals surface area contributed by atoms with Crippen molar-refractivity contribution in [3.63, 3.8) is 0 Å². The van der Waals surface area contributed by atoms with Crippen molar-refractivity contribution in [1.29, 1.82) is 5.26 Å². The van der Waals surface area contributed by atoms with Crippen molar-refractivity contribution in [1.82, 2.24) is 0 Å². The SMILES string of the molecule is CCCCOC(=O)C(C#N)CCCCCCCCO. The first-order valence-corrected chi connectivity index (χ1v) is 7.43. The number of ether oxygens (including phenoxy) is 1. The van der Waals surface area contributed by atoms with E-state index in [1.807, 2.05) is 13.0 Å². The molecular weight excluding hydrogens is 242 g/mol. The Morgan fingerprint density at radius 1 is 1.16 bits per heavy atom. The molecule has 0 saturated heterocycles. The highest BCUT2D eigenvalue weighted by molar-refractivity contribution is 5.75. The fourth-order valence-electron chi connectivity index (χ4n) is 1.82. The number of unbranched alkanes of at least 4 members (excludes halogenated alkanes) is 6. The van der Waals surface area contributed by atoms with Gasteiger partial charge in [0.2, 0.25) is 0 Å². The standard InChI is InChI=1S/C15H27NO3/c1-2-3-12-19-15(18)14(13-16)10-8-6-4-5-7-9-11-17/h14,17H,2-12H2,1H3. The molecule has 110 valence electrons. The van der Waals surface area contributed by atoms with Crippen LogP contribution < -0.4 is 0 Å². The van der Waals surface area contributed by atoms with E-state index in [9.17, 15) is 4.79 Å². The molecule has 0 aromatic carbocycles. The van der Waals surface area contributed by atoms with Gasteiger partial charge in [0.05, 0.1) is 12.7 Å². The summed E-state index contributed by atoms with van der Waals surface area (Å²) in [6.45, 7) is 2.72. The van der Waals surface area contributed by atoms with Gasteiger partial charge in [0.15, 0.2) is 0 Å². The van der Waals surface area contributed by atoms with E-state index in [1.54, 1.807) is 0 Å². The molecule has 0 aliphatic heterocycles. The van der Waals surface area contributed by atoms with Crippen LogP contribution in [0.1, 0.15) is 64.7 Å². The number of hydrogen-bond donors (Lipinski definition) is 1. The monoisotopic (exact) mass is 269 g/mol. The van der Waals surface area contributed by atoms with Gasteiger partial charge in [-0.05, 0) is 19.3 Å². The topological polar surface area (TPSA) is 70.3 Å². The smallest absolute Gasteiger partial charge is 0.323 e. The van der Waals surface area contributed by atoms with Crippen molar-refractivity contribution in [2.45, 2.75) is 64.7 Å². The molecule has 4 heteroatoms. The lowest BCUT2D eigenvalue weighted by atomic mass is 10.0. The number of nitrogens with zero attached hydrogens (tertiary/aromatic N) is 1. The van der Waals surface area contributed by atoms with Crippen molar-refractivity contribution >= 4 is 5.97 Å². The molecule has 4 nitrogen and oxygen atoms in total. The van der Waals surface area contributed by atoms with E-state index in [2.05, 4.69) is 0 Å². The Balaban J connectivity index is 3.59. The second-order valence-electron chi connectivity index (χ2n) is 4.84. The third-order valence-corrected chi connectivity index (χ3v) is 3.08. The summed E-state index contributed by atoms with van der Waals surface area (Å²) in [5.41, 5.74) is 0. The molecule has 0 amide bonds. The van der Waals surface area contributed by atoms with Gasteiger partial charge in [0.1, 0.15) is 5.92 Å². The fourth-order valence-corrected chi connectivity index (χ4v) is 1.82. The van der Waals surface area contributed by atoms with Crippen LogP contribution in [-0.2, 0) is 9.53 Å². The zero-order valence-electron chi connectivity index (χ0n) is 12.1. The molecule has 0 aliphatic rings. The third kappa shape index (κ3) is 10.5. The Morgan fingerprint density at radius 3 is 2.37 bits per heavy atom. The summed E-state index contributed by atoms with van der Waals surface area (Å²) in [4.78, 5) is 11.6. The van der Waals surface area contributed by atoms with Gasteiger partial charge in [-0.2, -0.15) is 5.26 Å². The zero-order chi connectivity index (χ0) is 14.3. The maximum Gasteiger partial charge on any atom is 0.323 e. The maximum absolute atomic E-state index is 11.6. The van der Waals surface area contributed by atoms with Crippen LogP contribution in [0.2, 0.25) is 0 Å². The molecule has 1 N–H and O–H groups in total. The Hall–Kier alpha value is -1.08. The lowest BCUT2D eigenvalue weighted by molar-refractivity contribution is -0.146. The fraction of sp³-hybridized carbons (Fsp3) is 0.867. The van der Waals surface area contributed by atoms with Gasteiger partial charge >= 0.3 is 5.97 Å². The predicted octanol–water partition coefficient (Wildman–Crippen LogP) is 3.19. The van der Waals surface area contributed by atoms with E-state index in [-0.39, 0.29) is 12.6 Å². The molecule has 1 atom stereocenters. The van der Waals surface area contributed by atoms with Gasteiger partial charge < -0.3 is 9.84 Å². The van der Waals surface area contributed by atoms with Gasteiger partial charge in [-0.25, -0.2) is 0 Å². The van der Waals surface area contributed by atoms with Gasteiger partial charge in [0, 0.05) is 6.61 Å². The van der Waals surface area contributed by atoms with Crippen molar-refractivity contribution in [3.8, 4) is 6.07 Å². The summed E-state index contributed by atoms with van der Waals surface area (Å²) in [5.74, 6) is -0.967. The number of rotatable bonds is 12. The van der Waals surface area contributed by atoms with Gasteiger partial charge in [-0.15, -0.1) is 0 Å². The van der Waals surface area contributed by atoms with Crippen molar-refractivity contribution in [2.24, 2.45) is 5.92 Å². The molecule has 0 aromatic rings. The highest BCUT2D eigenvalue weighted by Gasteiger charge is 2.18. The average Bonchev–Trinajstić information content (AvgIpc) is 2.42. The molecule has 0 fully saturated rings. The van der Waals surface area contributed by atoms with Crippen LogP contribution in [-0.4, -0.2) is 24.3 Å². The van der Waals surface area contributed by atoms with Crippen LogP contribution in [0.5, 0.6) is 0 Å². The summed E-state index contributed by atoms with van der Waals surface area (Å²) in [7, 11) is 0. The molecule has 1 unspecified atom stereocenters. The van der Waals surface area contributed by atoms with Gasteiger partial charge in [-0.3, -0.25) is 4.79 Å². The first-order valence-electron chi connectivity index (χ1n) is 7.43. The molecular formula is C15H27NO3. The lowest BCUT2D eigenvalue weighted by Crippen LogP contribution is -2.16. The number of carbonyl (C=O) groups excluding carboxylic acids is 1. The molecule has 0 saturated carbocycles. The summed E-state index contributed by atoms with van der Waals surface area (Å²) < 4.78 is 5.06. The average molecular weight is 269 g/mol. The summed E-state index contributed by atoms with van der Waals surface area (Å²) in [6, 6.07) is 2.03. The molecule has 0 aromatic heterocycles. The number of aliphatic hydroxyl groups excluding tert-OH is 1. The zero-order valence-corrected chi connectivity index (χ0v) is 12.1. The molecule has 0 aliphatic carbocycles. The highest BCUT2D eigenvalue weighted by Crippen LogP contribution is 2.13. The highest BCUT2D eigenvalue weighted by atomic mass is 16.5. The van der Waals surface area contributed by atoms with E-state index in [0.717, 1.165) is 51.4 Å². The minimum Gasteiger partial charge on any atom is -0.465 e. The van der Waals surface area contributed by atoms with Gasteiger partial charge in [-0.1, -0.05) is 45.4 Å². The third-order valence-electron chi connectivity index (χ3n) is 3.08. The first kappa shape index (κ1) is 17.9. The number of nitriles is 1. The van der Waals surface area contributed by atoms with Crippen molar-refractivity contribution in [3.05, 3.63) is 0 Å². The van der Waals surface area contributed by atoms with Crippen molar-refractivity contribution < 1.29 is 14.6 Å². The normalized spacial score (nSPS) is 11.8. The quantitative estimate of drug-likeness (QED) is 0.436. The lowest BCUT2D eigenvalue weighted by Gasteiger charge is -2.09. The number of esters is 1. The minimum absolute atomic E-state index is 0.264. The van der Waals surface area contributed by atoms with E-state index in [0.29, 0.717) is 13.0 Å². The van der Waals surface area contributed by atoms with Crippen LogP contribution >= 0.6 is 0 Å². The Labute approximate surface area is 116 Å². The van der Waals surface area contributed by atoms with Crippen LogP contribution in [0.3, 0.4) is 0 Å². The maximum atomic E-state index is 11.6. The summed E-state index contributed by atoms with van der Waals surface area (Å²) in [5, 5.41) is 17.6. The molecule has 0 rings (SSSR count).